The van der Waals surface area contributed by atoms with Crippen LogP contribution in [0.5, 0.6) is 0 Å². The third-order valence-corrected chi connectivity index (χ3v) is 2.24. The van der Waals surface area contributed by atoms with Crippen molar-refractivity contribution in [3.8, 4) is 0 Å². The van der Waals surface area contributed by atoms with Gasteiger partial charge in [0.1, 0.15) is 0 Å². The van der Waals surface area contributed by atoms with E-state index in [1.54, 1.807) is 0 Å². The van der Waals surface area contributed by atoms with Crippen molar-refractivity contribution >= 4 is 5.69 Å². The maximum Gasteiger partial charge on any atom is 0.0346 e. The molecule has 0 aliphatic rings. The summed E-state index contributed by atoms with van der Waals surface area (Å²) in [6, 6.07) is 6.32. The second-order valence-corrected chi connectivity index (χ2v) is 3.40. The second-order valence-electron chi connectivity index (χ2n) is 3.40. The van der Waals surface area contributed by atoms with Gasteiger partial charge in [0, 0.05) is 5.69 Å². The minimum absolute atomic E-state index is 0.905. The van der Waals surface area contributed by atoms with Gasteiger partial charge in [0.25, 0.3) is 0 Å². The van der Waals surface area contributed by atoms with Crippen LogP contribution in [0.4, 0.5) is 5.69 Å². The Kier molecular flexibility index (Phi) is 3.77. The molecule has 0 saturated carbocycles. The van der Waals surface area contributed by atoms with Crippen LogP contribution in [0.1, 0.15) is 17.5 Å². The lowest BCUT2D eigenvalue weighted by atomic mass is 10.1. The fourth-order valence-corrected chi connectivity index (χ4v) is 1.31. The number of benzene rings is 1. The van der Waals surface area contributed by atoms with Gasteiger partial charge < -0.3 is 11.1 Å². The molecule has 0 aliphatic heterocycles. The summed E-state index contributed by atoms with van der Waals surface area (Å²) in [4.78, 5) is 0. The smallest absolute Gasteiger partial charge is 0.0346 e. The molecule has 0 atom stereocenters. The van der Waals surface area contributed by atoms with Crippen molar-refractivity contribution in [3.63, 3.8) is 0 Å². The summed E-state index contributed by atoms with van der Waals surface area (Å²) in [6.07, 6.45) is 2.27. The summed E-state index contributed by atoms with van der Waals surface area (Å²) in [5.41, 5.74) is 9.21. The van der Waals surface area contributed by atoms with Gasteiger partial charge >= 0.3 is 0 Å². The molecule has 13 heavy (non-hydrogen) atoms. The van der Waals surface area contributed by atoms with Crippen molar-refractivity contribution in [2.75, 3.05) is 19.3 Å². The van der Waals surface area contributed by atoms with Gasteiger partial charge in [-0.1, -0.05) is 12.1 Å². The van der Waals surface area contributed by atoms with Crippen LogP contribution in [0.3, 0.4) is 0 Å². The standard InChI is InChI=1S/C11H18N2/c1-9-5-6-10(8-11(9)12)4-3-7-13-2/h5-6,8,13H,3-4,7,12H2,1-2H3. The Morgan fingerprint density at radius 3 is 2.77 bits per heavy atom. The van der Waals surface area contributed by atoms with E-state index in [-0.39, 0.29) is 0 Å². The van der Waals surface area contributed by atoms with E-state index in [9.17, 15) is 0 Å². The summed E-state index contributed by atoms with van der Waals surface area (Å²) >= 11 is 0. The fourth-order valence-electron chi connectivity index (χ4n) is 1.31. The molecule has 0 amide bonds. The highest BCUT2D eigenvalue weighted by atomic mass is 14.8. The number of aryl methyl sites for hydroxylation is 2. The third kappa shape index (κ3) is 3.07. The van der Waals surface area contributed by atoms with E-state index in [1.807, 2.05) is 14.0 Å². The first kappa shape index (κ1) is 10.1. The van der Waals surface area contributed by atoms with Crippen LogP contribution < -0.4 is 11.1 Å². The normalized spacial score (nSPS) is 10.3. The van der Waals surface area contributed by atoms with E-state index < -0.39 is 0 Å². The van der Waals surface area contributed by atoms with E-state index in [0.29, 0.717) is 0 Å². The monoisotopic (exact) mass is 178 g/mol. The quantitative estimate of drug-likeness (QED) is 0.544. The minimum atomic E-state index is 0.905. The first-order valence-electron chi connectivity index (χ1n) is 4.73. The summed E-state index contributed by atoms with van der Waals surface area (Å²) in [5, 5.41) is 3.13. The molecule has 0 heterocycles. The Morgan fingerprint density at radius 1 is 1.38 bits per heavy atom. The molecule has 2 heteroatoms. The Morgan fingerprint density at radius 2 is 2.15 bits per heavy atom. The molecular weight excluding hydrogens is 160 g/mol. The lowest BCUT2D eigenvalue weighted by molar-refractivity contribution is 0.725. The average molecular weight is 178 g/mol. The molecular formula is C11H18N2. The molecule has 0 aromatic heterocycles. The van der Waals surface area contributed by atoms with Gasteiger partial charge in [0.15, 0.2) is 0 Å². The van der Waals surface area contributed by atoms with Gasteiger partial charge in [-0.25, -0.2) is 0 Å². The molecule has 3 N–H and O–H groups in total. The topological polar surface area (TPSA) is 38.0 Å². The van der Waals surface area contributed by atoms with Crippen LogP contribution in [0.15, 0.2) is 18.2 Å². The Balaban J connectivity index is 2.53. The predicted octanol–water partition coefficient (Wildman–Crippen LogP) is 1.73. The summed E-state index contributed by atoms with van der Waals surface area (Å²) < 4.78 is 0. The molecule has 0 saturated heterocycles. The van der Waals surface area contributed by atoms with Crippen LogP contribution in [0.25, 0.3) is 0 Å². The predicted molar refractivity (Wildman–Crippen MR) is 57.8 cm³/mol. The molecule has 0 unspecified atom stereocenters. The van der Waals surface area contributed by atoms with E-state index in [0.717, 1.165) is 24.2 Å². The zero-order valence-corrected chi connectivity index (χ0v) is 8.43. The van der Waals surface area contributed by atoms with Crippen molar-refractivity contribution in [2.45, 2.75) is 19.8 Å². The van der Waals surface area contributed by atoms with Crippen molar-refractivity contribution in [3.05, 3.63) is 29.3 Å². The summed E-state index contributed by atoms with van der Waals surface area (Å²) in [6.45, 7) is 3.10. The molecule has 0 fully saturated rings. The van der Waals surface area contributed by atoms with Crippen LogP contribution in [-0.4, -0.2) is 13.6 Å². The summed E-state index contributed by atoms with van der Waals surface area (Å²) in [7, 11) is 1.98. The maximum absolute atomic E-state index is 5.81. The van der Waals surface area contributed by atoms with Gasteiger partial charge in [0.2, 0.25) is 0 Å². The second kappa shape index (κ2) is 4.87. The third-order valence-electron chi connectivity index (χ3n) is 2.24. The number of nitrogens with one attached hydrogen (secondary N) is 1. The number of nitrogens with two attached hydrogens (primary N) is 1. The number of rotatable bonds is 4. The lowest BCUT2D eigenvalue weighted by Gasteiger charge is -2.04. The molecule has 0 spiro atoms. The number of anilines is 1. The molecule has 2 nitrogen and oxygen atoms in total. The average Bonchev–Trinajstić information content (AvgIpc) is 2.12. The van der Waals surface area contributed by atoms with Crippen LogP contribution in [0, 0.1) is 6.92 Å². The Labute approximate surface area is 80.1 Å². The van der Waals surface area contributed by atoms with E-state index in [1.165, 1.54) is 12.0 Å². The van der Waals surface area contributed by atoms with Gasteiger partial charge in [-0.2, -0.15) is 0 Å². The molecule has 0 bridgehead atoms. The van der Waals surface area contributed by atoms with Crippen molar-refractivity contribution in [1.82, 2.24) is 5.32 Å². The van der Waals surface area contributed by atoms with Crippen molar-refractivity contribution in [1.29, 1.82) is 0 Å². The fraction of sp³-hybridized carbons (Fsp3) is 0.455. The van der Waals surface area contributed by atoms with Gasteiger partial charge in [-0.15, -0.1) is 0 Å². The van der Waals surface area contributed by atoms with Crippen LogP contribution >= 0.6 is 0 Å². The molecule has 0 radical (unpaired) electrons. The number of hydrogen-bond donors (Lipinski definition) is 2. The molecule has 1 rings (SSSR count). The molecule has 0 aliphatic carbocycles. The zero-order chi connectivity index (χ0) is 9.68. The SMILES string of the molecule is CNCCCc1ccc(C)c(N)c1. The van der Waals surface area contributed by atoms with Gasteiger partial charge in [-0.3, -0.25) is 0 Å². The van der Waals surface area contributed by atoms with Gasteiger partial charge in [0.05, 0.1) is 0 Å². The zero-order valence-electron chi connectivity index (χ0n) is 8.43. The summed E-state index contributed by atoms with van der Waals surface area (Å²) in [5.74, 6) is 0. The largest absolute Gasteiger partial charge is 0.399 e. The molecule has 1 aromatic rings. The minimum Gasteiger partial charge on any atom is -0.399 e. The molecule has 1 aromatic carbocycles. The highest BCUT2D eigenvalue weighted by Crippen LogP contribution is 2.13. The number of hydrogen-bond acceptors (Lipinski definition) is 2. The number of nitrogen functional groups attached to an aromatic ring is 1. The van der Waals surface area contributed by atoms with E-state index in [4.69, 9.17) is 5.73 Å². The lowest BCUT2D eigenvalue weighted by Crippen LogP contribution is -2.08. The van der Waals surface area contributed by atoms with Crippen LogP contribution in [-0.2, 0) is 6.42 Å². The first-order valence-corrected chi connectivity index (χ1v) is 4.73. The van der Waals surface area contributed by atoms with Crippen molar-refractivity contribution in [2.24, 2.45) is 0 Å². The van der Waals surface area contributed by atoms with E-state index in [2.05, 4.69) is 23.5 Å². The Hall–Kier alpha value is -1.02. The molecule has 72 valence electrons. The maximum atomic E-state index is 5.81. The van der Waals surface area contributed by atoms with Crippen molar-refractivity contribution < 1.29 is 0 Å². The Bertz CT molecular complexity index is 269. The van der Waals surface area contributed by atoms with E-state index >= 15 is 0 Å². The highest BCUT2D eigenvalue weighted by Gasteiger charge is 1.96. The van der Waals surface area contributed by atoms with Gasteiger partial charge in [-0.05, 0) is 50.6 Å². The highest BCUT2D eigenvalue weighted by molar-refractivity contribution is 5.48. The first-order chi connectivity index (χ1) is 6.24. The van der Waals surface area contributed by atoms with Crippen LogP contribution in [0.2, 0.25) is 0 Å².